The molecular formula is C9H7IO. The van der Waals surface area contributed by atoms with Gasteiger partial charge >= 0.3 is 0 Å². The molecule has 1 nitrogen and oxygen atoms in total. The Labute approximate surface area is 79.6 Å². The topological polar surface area (TPSA) is 20.2 Å². The standard InChI is InChI=1S/C9H7IO/c10-7-6-9(11)8-4-2-1-3-5-8/h1-5,9,11H. The van der Waals surface area contributed by atoms with E-state index in [0.717, 1.165) is 5.56 Å². The van der Waals surface area contributed by atoms with E-state index in [2.05, 4.69) is 9.85 Å². The molecule has 56 valence electrons. The fourth-order valence-corrected chi connectivity index (χ4v) is 1.07. The van der Waals surface area contributed by atoms with Crippen LogP contribution >= 0.6 is 22.6 Å². The fraction of sp³-hybridized carbons (Fsp3) is 0.111. The monoisotopic (exact) mass is 258 g/mol. The summed E-state index contributed by atoms with van der Waals surface area (Å²) in [6, 6.07) is 9.38. The molecule has 1 unspecified atom stereocenters. The first-order valence-corrected chi connectivity index (χ1v) is 4.26. The van der Waals surface area contributed by atoms with Gasteiger partial charge in [0.2, 0.25) is 0 Å². The van der Waals surface area contributed by atoms with E-state index in [-0.39, 0.29) is 0 Å². The first kappa shape index (κ1) is 8.57. The Morgan fingerprint density at radius 2 is 1.91 bits per heavy atom. The van der Waals surface area contributed by atoms with Gasteiger partial charge in [0.05, 0.1) is 0 Å². The maximum absolute atomic E-state index is 9.34. The van der Waals surface area contributed by atoms with Gasteiger partial charge in [0.1, 0.15) is 6.10 Å². The van der Waals surface area contributed by atoms with Crippen molar-refractivity contribution in [1.82, 2.24) is 0 Å². The second kappa shape index (κ2) is 4.37. The van der Waals surface area contributed by atoms with Gasteiger partial charge < -0.3 is 5.11 Å². The summed E-state index contributed by atoms with van der Waals surface area (Å²) in [5.74, 6) is 2.65. The summed E-state index contributed by atoms with van der Waals surface area (Å²) in [7, 11) is 0. The molecule has 2 heteroatoms. The number of hydrogen-bond donors (Lipinski definition) is 1. The van der Waals surface area contributed by atoms with Crippen molar-refractivity contribution in [2.45, 2.75) is 6.10 Å². The Bertz CT molecular complexity index is 271. The zero-order chi connectivity index (χ0) is 8.10. The number of aliphatic hydroxyl groups excluding tert-OH is 1. The Hall–Kier alpha value is -0.530. The fourth-order valence-electron chi connectivity index (χ4n) is 0.770. The Balaban J connectivity index is 2.82. The molecule has 1 atom stereocenters. The van der Waals surface area contributed by atoms with E-state index in [4.69, 9.17) is 0 Å². The van der Waals surface area contributed by atoms with Crippen LogP contribution in [-0.4, -0.2) is 5.11 Å². The maximum Gasteiger partial charge on any atom is 0.141 e. The van der Waals surface area contributed by atoms with E-state index in [0.29, 0.717) is 0 Å². The van der Waals surface area contributed by atoms with Crippen molar-refractivity contribution in [2.24, 2.45) is 0 Å². The molecule has 0 bridgehead atoms. The smallest absolute Gasteiger partial charge is 0.141 e. The predicted octanol–water partition coefficient (Wildman–Crippen LogP) is 2.12. The molecule has 0 aliphatic heterocycles. The molecule has 0 aliphatic carbocycles. The zero-order valence-corrected chi connectivity index (χ0v) is 7.95. The highest BCUT2D eigenvalue weighted by Crippen LogP contribution is 2.10. The van der Waals surface area contributed by atoms with Crippen molar-refractivity contribution in [2.75, 3.05) is 0 Å². The van der Waals surface area contributed by atoms with E-state index in [1.807, 2.05) is 52.9 Å². The highest BCUT2D eigenvalue weighted by atomic mass is 127. The third kappa shape index (κ3) is 2.52. The number of aliphatic hydroxyl groups is 1. The van der Waals surface area contributed by atoms with Crippen LogP contribution in [0.2, 0.25) is 0 Å². The Morgan fingerprint density at radius 3 is 2.45 bits per heavy atom. The van der Waals surface area contributed by atoms with Crippen LogP contribution in [0.3, 0.4) is 0 Å². The summed E-state index contributed by atoms with van der Waals surface area (Å²) in [5.41, 5.74) is 0.844. The normalized spacial score (nSPS) is 11.5. The maximum atomic E-state index is 9.34. The van der Waals surface area contributed by atoms with Crippen molar-refractivity contribution >= 4 is 22.6 Å². The Morgan fingerprint density at radius 1 is 1.27 bits per heavy atom. The highest BCUT2D eigenvalue weighted by Gasteiger charge is 1.99. The molecule has 0 radical (unpaired) electrons. The van der Waals surface area contributed by atoms with Crippen molar-refractivity contribution in [3.8, 4) is 9.85 Å². The number of rotatable bonds is 1. The number of halogens is 1. The van der Waals surface area contributed by atoms with Crippen molar-refractivity contribution in [3.63, 3.8) is 0 Å². The van der Waals surface area contributed by atoms with Crippen molar-refractivity contribution in [1.29, 1.82) is 0 Å². The second-order valence-corrected chi connectivity index (χ2v) is 2.59. The molecule has 11 heavy (non-hydrogen) atoms. The number of hydrogen-bond acceptors (Lipinski definition) is 1. The van der Waals surface area contributed by atoms with Crippen LogP contribution < -0.4 is 0 Å². The van der Waals surface area contributed by atoms with Gasteiger partial charge in [-0.05, 0) is 9.49 Å². The van der Waals surface area contributed by atoms with Gasteiger partial charge in [-0.1, -0.05) is 36.3 Å². The summed E-state index contributed by atoms with van der Waals surface area (Å²) in [6.45, 7) is 0. The van der Waals surface area contributed by atoms with Gasteiger partial charge in [-0.2, -0.15) is 0 Å². The van der Waals surface area contributed by atoms with Gasteiger partial charge in [-0.15, -0.1) is 0 Å². The lowest BCUT2D eigenvalue weighted by Gasteiger charge is -2.00. The molecular weight excluding hydrogens is 251 g/mol. The molecule has 1 aromatic carbocycles. The van der Waals surface area contributed by atoms with Gasteiger partial charge in [-0.3, -0.25) is 0 Å². The first-order chi connectivity index (χ1) is 5.34. The molecule has 1 aromatic rings. The highest BCUT2D eigenvalue weighted by molar-refractivity contribution is 14.1. The van der Waals surface area contributed by atoms with Gasteiger partial charge in [-0.25, -0.2) is 0 Å². The number of benzene rings is 1. The van der Waals surface area contributed by atoms with E-state index in [1.165, 1.54) is 0 Å². The van der Waals surface area contributed by atoms with Crippen LogP contribution in [-0.2, 0) is 0 Å². The van der Waals surface area contributed by atoms with Crippen LogP contribution in [0.4, 0.5) is 0 Å². The van der Waals surface area contributed by atoms with Crippen LogP contribution in [0.1, 0.15) is 11.7 Å². The lowest BCUT2D eigenvalue weighted by Crippen LogP contribution is -1.91. The third-order valence-electron chi connectivity index (χ3n) is 1.31. The van der Waals surface area contributed by atoms with E-state index in [9.17, 15) is 5.11 Å². The molecule has 1 rings (SSSR count). The van der Waals surface area contributed by atoms with Crippen molar-refractivity contribution < 1.29 is 5.11 Å². The van der Waals surface area contributed by atoms with E-state index in [1.54, 1.807) is 0 Å². The first-order valence-electron chi connectivity index (χ1n) is 3.19. The van der Waals surface area contributed by atoms with Crippen molar-refractivity contribution in [3.05, 3.63) is 35.9 Å². The molecule has 0 aromatic heterocycles. The van der Waals surface area contributed by atoms with Gasteiger partial charge in [0.25, 0.3) is 0 Å². The molecule has 1 N–H and O–H groups in total. The summed E-state index contributed by atoms with van der Waals surface area (Å²) in [5, 5.41) is 9.34. The van der Waals surface area contributed by atoms with Crippen LogP contribution in [0.25, 0.3) is 0 Å². The molecule has 0 aliphatic rings. The van der Waals surface area contributed by atoms with E-state index < -0.39 is 6.10 Å². The average Bonchev–Trinajstić information content (AvgIpc) is 2.07. The van der Waals surface area contributed by atoms with Crippen LogP contribution in [0.15, 0.2) is 30.3 Å². The summed E-state index contributed by atoms with van der Waals surface area (Å²) in [4.78, 5) is 0. The quantitative estimate of drug-likeness (QED) is 0.604. The largest absolute Gasteiger partial charge is 0.376 e. The summed E-state index contributed by atoms with van der Waals surface area (Å²) >= 11 is 1.91. The van der Waals surface area contributed by atoms with E-state index >= 15 is 0 Å². The van der Waals surface area contributed by atoms with Crippen LogP contribution in [0.5, 0.6) is 0 Å². The minimum Gasteiger partial charge on any atom is -0.376 e. The lowest BCUT2D eigenvalue weighted by atomic mass is 10.1. The lowest BCUT2D eigenvalue weighted by molar-refractivity contribution is 0.238. The SMILES string of the molecule is OC(C#CI)c1ccccc1. The summed E-state index contributed by atoms with van der Waals surface area (Å²) in [6.07, 6.45) is -0.645. The third-order valence-corrected chi connectivity index (χ3v) is 1.62. The minimum atomic E-state index is -0.645. The molecule has 0 heterocycles. The molecule has 0 saturated carbocycles. The average molecular weight is 258 g/mol. The second-order valence-electron chi connectivity index (χ2n) is 2.05. The van der Waals surface area contributed by atoms with Crippen LogP contribution in [0, 0.1) is 9.85 Å². The summed E-state index contributed by atoms with van der Waals surface area (Å²) < 4.78 is 2.64. The van der Waals surface area contributed by atoms with Gasteiger partial charge in [0.15, 0.2) is 0 Å². The molecule has 0 fully saturated rings. The van der Waals surface area contributed by atoms with Gasteiger partial charge in [0, 0.05) is 22.6 Å². The zero-order valence-electron chi connectivity index (χ0n) is 5.79. The molecule has 0 saturated heterocycles. The Kier molecular flexibility index (Phi) is 3.40. The molecule has 0 spiro atoms. The molecule has 0 amide bonds. The predicted molar refractivity (Wildman–Crippen MR) is 53.2 cm³/mol. The minimum absolute atomic E-state index is 0.645.